The number of rotatable bonds is 6. The fourth-order valence-corrected chi connectivity index (χ4v) is 5.82. The summed E-state index contributed by atoms with van der Waals surface area (Å²) < 4.78 is 6.04. The number of fused-ring (bicyclic) bond motifs is 2. The van der Waals surface area contributed by atoms with Crippen LogP contribution >= 0.6 is 0 Å². The molecule has 0 saturated carbocycles. The van der Waals surface area contributed by atoms with Gasteiger partial charge in [-0.25, -0.2) is 4.98 Å². The maximum atomic E-state index is 6.04. The van der Waals surface area contributed by atoms with E-state index in [-0.39, 0.29) is 0 Å². The monoisotopic (exact) mass is 564 g/mol. The first kappa shape index (κ1) is 25.8. The molecule has 0 saturated heterocycles. The van der Waals surface area contributed by atoms with Crippen LogP contribution in [0.15, 0.2) is 174 Å². The highest BCUT2D eigenvalue weighted by Gasteiger charge is 2.15. The van der Waals surface area contributed by atoms with Gasteiger partial charge in [-0.3, -0.25) is 0 Å². The van der Waals surface area contributed by atoms with E-state index in [4.69, 9.17) is 9.40 Å². The van der Waals surface area contributed by atoms with Gasteiger partial charge in [0.1, 0.15) is 5.52 Å². The van der Waals surface area contributed by atoms with Gasteiger partial charge in [0.25, 0.3) is 0 Å². The number of anilines is 3. The van der Waals surface area contributed by atoms with Crippen molar-refractivity contribution >= 4 is 38.9 Å². The standard InChI is InChI=1S/C41H28N2O/c1-3-9-29(10-4-1)31-17-22-36(23-18-31)43(37-24-19-32(20-25-37)30-11-5-2-6-12-30)38-26-21-33-27-35(16-15-34(33)28-38)41-42-39-13-7-8-14-40(39)44-41/h1-28H. The van der Waals surface area contributed by atoms with Crippen LogP contribution in [0.1, 0.15) is 0 Å². The van der Waals surface area contributed by atoms with Crippen LogP contribution in [0.2, 0.25) is 0 Å². The van der Waals surface area contributed by atoms with Crippen LogP contribution in [-0.4, -0.2) is 4.98 Å². The fourth-order valence-electron chi connectivity index (χ4n) is 5.82. The number of aromatic nitrogens is 1. The van der Waals surface area contributed by atoms with Crippen LogP contribution in [-0.2, 0) is 0 Å². The van der Waals surface area contributed by atoms with Crippen LogP contribution in [0.25, 0.3) is 55.6 Å². The Morgan fingerprint density at radius 2 is 0.864 bits per heavy atom. The summed E-state index contributed by atoms with van der Waals surface area (Å²) in [6, 6.07) is 59.5. The highest BCUT2D eigenvalue weighted by molar-refractivity contribution is 5.92. The van der Waals surface area contributed by atoms with Gasteiger partial charge in [-0.15, -0.1) is 0 Å². The molecule has 0 aliphatic rings. The molecule has 0 fully saturated rings. The van der Waals surface area contributed by atoms with Gasteiger partial charge in [0.2, 0.25) is 5.89 Å². The van der Waals surface area contributed by atoms with Crippen LogP contribution in [0.5, 0.6) is 0 Å². The van der Waals surface area contributed by atoms with Crippen LogP contribution in [0.4, 0.5) is 17.1 Å². The molecule has 0 spiro atoms. The first-order chi connectivity index (χ1) is 21.8. The van der Waals surface area contributed by atoms with E-state index in [1.54, 1.807) is 0 Å². The molecule has 44 heavy (non-hydrogen) atoms. The molecule has 208 valence electrons. The van der Waals surface area contributed by atoms with E-state index in [1.807, 2.05) is 24.3 Å². The average Bonchev–Trinajstić information content (AvgIpc) is 3.54. The van der Waals surface area contributed by atoms with Crippen molar-refractivity contribution in [1.82, 2.24) is 4.98 Å². The van der Waals surface area contributed by atoms with Crippen molar-refractivity contribution in [3.8, 4) is 33.7 Å². The zero-order valence-electron chi connectivity index (χ0n) is 24.0. The van der Waals surface area contributed by atoms with Gasteiger partial charge in [0.05, 0.1) is 0 Å². The van der Waals surface area contributed by atoms with E-state index in [2.05, 4.69) is 150 Å². The predicted octanol–water partition coefficient (Wildman–Crippen LogP) is 11.5. The molecule has 3 heteroatoms. The second-order valence-electron chi connectivity index (χ2n) is 10.9. The Labute approximate surface area is 256 Å². The van der Waals surface area contributed by atoms with E-state index >= 15 is 0 Å². The summed E-state index contributed by atoms with van der Waals surface area (Å²) in [7, 11) is 0. The Balaban J connectivity index is 1.19. The summed E-state index contributed by atoms with van der Waals surface area (Å²) in [5, 5.41) is 2.28. The van der Waals surface area contributed by atoms with Gasteiger partial charge in [-0.2, -0.15) is 0 Å². The Morgan fingerprint density at radius 1 is 0.386 bits per heavy atom. The summed E-state index contributed by atoms with van der Waals surface area (Å²) in [5.74, 6) is 0.635. The Hall–Kier alpha value is -5.93. The molecule has 8 rings (SSSR count). The Morgan fingerprint density at radius 3 is 1.48 bits per heavy atom. The summed E-state index contributed by atoms with van der Waals surface area (Å²) in [6.07, 6.45) is 0. The molecule has 1 aromatic heterocycles. The molecule has 1 heterocycles. The van der Waals surface area contributed by atoms with Crippen molar-refractivity contribution in [2.75, 3.05) is 4.90 Å². The minimum Gasteiger partial charge on any atom is -0.436 e. The van der Waals surface area contributed by atoms with E-state index in [0.717, 1.165) is 44.5 Å². The highest BCUT2D eigenvalue weighted by atomic mass is 16.3. The average molecular weight is 565 g/mol. The molecular formula is C41H28N2O. The largest absolute Gasteiger partial charge is 0.436 e. The minimum atomic E-state index is 0.635. The van der Waals surface area contributed by atoms with Gasteiger partial charge >= 0.3 is 0 Å². The lowest BCUT2D eigenvalue weighted by atomic mass is 10.0. The maximum absolute atomic E-state index is 6.04. The number of benzene rings is 7. The lowest BCUT2D eigenvalue weighted by molar-refractivity contribution is 0.620. The van der Waals surface area contributed by atoms with Crippen LogP contribution < -0.4 is 4.90 Å². The molecular weight excluding hydrogens is 536 g/mol. The second-order valence-corrected chi connectivity index (χ2v) is 10.9. The number of hydrogen-bond donors (Lipinski definition) is 0. The summed E-state index contributed by atoms with van der Waals surface area (Å²) in [4.78, 5) is 7.02. The summed E-state index contributed by atoms with van der Waals surface area (Å²) in [6.45, 7) is 0. The van der Waals surface area contributed by atoms with Crippen molar-refractivity contribution in [3.63, 3.8) is 0 Å². The highest BCUT2D eigenvalue weighted by Crippen LogP contribution is 2.38. The van der Waals surface area contributed by atoms with E-state index in [0.29, 0.717) is 5.89 Å². The van der Waals surface area contributed by atoms with Crippen LogP contribution in [0, 0.1) is 0 Å². The molecule has 0 amide bonds. The predicted molar refractivity (Wildman–Crippen MR) is 183 cm³/mol. The number of oxazole rings is 1. The van der Waals surface area contributed by atoms with Crippen molar-refractivity contribution < 1.29 is 4.42 Å². The lowest BCUT2D eigenvalue weighted by Gasteiger charge is -2.26. The maximum Gasteiger partial charge on any atom is 0.227 e. The zero-order valence-corrected chi connectivity index (χ0v) is 24.0. The van der Waals surface area contributed by atoms with Gasteiger partial charge in [0.15, 0.2) is 5.58 Å². The first-order valence-corrected chi connectivity index (χ1v) is 14.8. The van der Waals surface area contributed by atoms with Crippen molar-refractivity contribution in [3.05, 3.63) is 170 Å². The lowest BCUT2D eigenvalue weighted by Crippen LogP contribution is -2.09. The third kappa shape index (κ3) is 4.91. The van der Waals surface area contributed by atoms with E-state index in [9.17, 15) is 0 Å². The Bertz CT molecular complexity index is 2080. The zero-order chi connectivity index (χ0) is 29.3. The summed E-state index contributed by atoms with van der Waals surface area (Å²) in [5.41, 5.74) is 10.7. The molecule has 0 radical (unpaired) electrons. The van der Waals surface area contributed by atoms with Crippen molar-refractivity contribution in [2.45, 2.75) is 0 Å². The van der Waals surface area contributed by atoms with Gasteiger partial charge in [0, 0.05) is 22.6 Å². The second kappa shape index (κ2) is 11.0. The summed E-state index contributed by atoms with van der Waals surface area (Å²) >= 11 is 0. The SMILES string of the molecule is c1ccc(-c2ccc(N(c3ccc(-c4ccccc4)cc3)c3ccc4cc(-c5nc6ccccc6o5)ccc4c3)cc2)cc1. The number of hydrogen-bond acceptors (Lipinski definition) is 3. The topological polar surface area (TPSA) is 29.3 Å². The molecule has 7 aromatic carbocycles. The third-order valence-corrected chi connectivity index (χ3v) is 8.09. The van der Waals surface area contributed by atoms with E-state index < -0.39 is 0 Å². The molecule has 3 nitrogen and oxygen atoms in total. The van der Waals surface area contributed by atoms with Crippen molar-refractivity contribution in [2.24, 2.45) is 0 Å². The normalized spacial score (nSPS) is 11.2. The molecule has 0 bridgehead atoms. The smallest absolute Gasteiger partial charge is 0.227 e. The quantitative estimate of drug-likeness (QED) is 0.201. The molecule has 0 aliphatic heterocycles. The minimum absolute atomic E-state index is 0.635. The molecule has 0 aliphatic carbocycles. The molecule has 8 aromatic rings. The van der Waals surface area contributed by atoms with Gasteiger partial charge in [-0.05, 0) is 93.7 Å². The third-order valence-electron chi connectivity index (χ3n) is 8.09. The molecule has 0 atom stereocenters. The molecule has 0 unspecified atom stereocenters. The van der Waals surface area contributed by atoms with Crippen LogP contribution in [0.3, 0.4) is 0 Å². The fraction of sp³-hybridized carbons (Fsp3) is 0. The number of para-hydroxylation sites is 2. The first-order valence-electron chi connectivity index (χ1n) is 14.8. The Kier molecular flexibility index (Phi) is 6.47. The van der Waals surface area contributed by atoms with Crippen molar-refractivity contribution in [1.29, 1.82) is 0 Å². The molecule has 0 N–H and O–H groups in total. The van der Waals surface area contributed by atoms with E-state index in [1.165, 1.54) is 22.3 Å². The van der Waals surface area contributed by atoms with Gasteiger partial charge in [-0.1, -0.05) is 109 Å². The van der Waals surface area contributed by atoms with Gasteiger partial charge < -0.3 is 9.32 Å². The number of nitrogens with zero attached hydrogens (tertiary/aromatic N) is 2.